The van der Waals surface area contributed by atoms with Crippen molar-refractivity contribution in [2.24, 2.45) is 5.73 Å². The van der Waals surface area contributed by atoms with Crippen LogP contribution >= 0.6 is 0 Å². The fraction of sp³-hybridized carbons (Fsp3) is 0.465. The molecule has 1 aliphatic rings. The molecule has 4 N–H and O–H groups in total. The predicted molar refractivity (Wildman–Crippen MR) is 220 cm³/mol. The third-order valence-corrected chi connectivity index (χ3v) is 10.1. The summed E-state index contributed by atoms with van der Waals surface area (Å²) in [5.74, 6) is 0.827. The number of hydrogen-bond donors (Lipinski definition) is 3. The molecule has 15 heteroatoms. The summed E-state index contributed by atoms with van der Waals surface area (Å²) >= 11 is 0. The zero-order chi connectivity index (χ0) is 41.3. The first-order valence-electron chi connectivity index (χ1n) is 19.9. The highest BCUT2D eigenvalue weighted by Gasteiger charge is 2.28. The van der Waals surface area contributed by atoms with Gasteiger partial charge in [0.2, 0.25) is 11.8 Å². The predicted octanol–water partition coefficient (Wildman–Crippen LogP) is 4.67. The minimum Gasteiger partial charge on any atom is -0.490 e. The first-order chi connectivity index (χ1) is 28.3. The van der Waals surface area contributed by atoms with Crippen LogP contribution in [-0.2, 0) is 30.3 Å². The van der Waals surface area contributed by atoms with Gasteiger partial charge < -0.3 is 49.6 Å². The van der Waals surface area contributed by atoms with Crippen LogP contribution in [0.2, 0.25) is 0 Å². The smallest absolute Gasteiger partial charge is 0.255 e. The van der Waals surface area contributed by atoms with E-state index in [1.165, 1.54) is 11.9 Å². The van der Waals surface area contributed by atoms with Gasteiger partial charge in [0.05, 0.1) is 62.6 Å². The van der Waals surface area contributed by atoms with Gasteiger partial charge >= 0.3 is 0 Å². The lowest BCUT2D eigenvalue weighted by Gasteiger charge is -2.32. The number of fused-ring (bicyclic) bond motifs is 1. The molecule has 58 heavy (non-hydrogen) atoms. The zero-order valence-electron chi connectivity index (χ0n) is 33.7. The van der Waals surface area contributed by atoms with Crippen molar-refractivity contribution in [1.82, 2.24) is 20.3 Å². The molecule has 1 unspecified atom stereocenters. The maximum absolute atomic E-state index is 13.3. The lowest BCUT2D eigenvalue weighted by atomic mass is 10.0. The Morgan fingerprint density at radius 2 is 1.71 bits per heavy atom. The molecule has 3 amide bonds. The maximum Gasteiger partial charge on any atom is 0.255 e. The average Bonchev–Trinajstić information content (AvgIpc) is 3.68. The van der Waals surface area contributed by atoms with Crippen LogP contribution in [0.25, 0.3) is 22.2 Å². The van der Waals surface area contributed by atoms with E-state index in [2.05, 4.69) is 15.8 Å². The monoisotopic (exact) mass is 800 g/mol. The molecule has 3 aromatic carbocycles. The Bertz CT molecular complexity index is 1960. The van der Waals surface area contributed by atoms with E-state index >= 15 is 0 Å². The Labute approximate surface area is 339 Å². The van der Waals surface area contributed by atoms with E-state index in [-0.39, 0.29) is 29.0 Å². The molecule has 0 spiro atoms. The van der Waals surface area contributed by atoms with Crippen LogP contribution in [0.5, 0.6) is 5.75 Å². The number of carbonyl (C=O) groups excluding carboxylic acids is 4. The Kier molecular flexibility index (Phi) is 17.0. The number of nitrogens with zero attached hydrogens (tertiary/aromatic N) is 3. The molecule has 4 aromatic rings. The number of carbonyl (C=O) groups is 4. The van der Waals surface area contributed by atoms with E-state index < -0.39 is 11.9 Å². The number of benzene rings is 3. The number of amides is 3. The van der Waals surface area contributed by atoms with Crippen LogP contribution < -0.4 is 21.1 Å². The van der Waals surface area contributed by atoms with Crippen molar-refractivity contribution < 1.29 is 42.6 Å². The fourth-order valence-corrected chi connectivity index (χ4v) is 6.87. The molecule has 1 saturated heterocycles. The second-order valence-corrected chi connectivity index (χ2v) is 14.0. The normalized spacial score (nSPS) is 13.6. The molecule has 312 valence electrons. The van der Waals surface area contributed by atoms with Gasteiger partial charge in [0.1, 0.15) is 23.4 Å². The van der Waals surface area contributed by atoms with Gasteiger partial charge in [-0.3, -0.25) is 19.2 Å². The van der Waals surface area contributed by atoms with Gasteiger partial charge in [-0.15, -0.1) is 0 Å². The minimum atomic E-state index is -0.635. The standard InChI is InChI=1S/C43H56N6O9/c1-4-7-39(42(52)45-2)48(3)43(53)34-10-6-11-37(36(34)29-50)46-17-21-55-23-25-56-24-22-54-20-16-40(51)49-18-14-32(15-19-49)57-33-9-5-8-31(27-33)41-35-26-30(28-44)12-13-38(35)47-58-41/h5-6,8-13,26-27,29,32,39,46H,4,7,14-25,28,44H2,1-3H3,(H,45,52). The first kappa shape index (κ1) is 43.8. The lowest BCUT2D eigenvalue weighted by molar-refractivity contribution is -0.134. The highest BCUT2D eigenvalue weighted by Crippen LogP contribution is 2.32. The van der Waals surface area contributed by atoms with Gasteiger partial charge in [-0.1, -0.05) is 42.8 Å². The molecule has 1 aromatic heterocycles. The molecule has 0 aliphatic carbocycles. The topological polar surface area (TPSA) is 188 Å². The minimum absolute atomic E-state index is 0.00172. The number of rotatable bonds is 23. The van der Waals surface area contributed by atoms with Crippen LogP contribution in [0.15, 0.2) is 65.2 Å². The summed E-state index contributed by atoms with van der Waals surface area (Å²) in [5.41, 5.74) is 9.45. The second kappa shape index (κ2) is 22.6. The summed E-state index contributed by atoms with van der Waals surface area (Å²) in [6, 6.07) is 18.0. The van der Waals surface area contributed by atoms with Gasteiger partial charge in [0.15, 0.2) is 12.0 Å². The third kappa shape index (κ3) is 11.8. The molecule has 2 heterocycles. The van der Waals surface area contributed by atoms with E-state index in [1.54, 1.807) is 25.2 Å². The van der Waals surface area contributed by atoms with E-state index in [4.69, 9.17) is 29.2 Å². The van der Waals surface area contributed by atoms with Gasteiger partial charge in [-0.25, -0.2) is 0 Å². The highest BCUT2D eigenvalue weighted by atomic mass is 16.5. The molecular formula is C43H56N6O9. The number of aldehydes is 1. The van der Waals surface area contributed by atoms with Crippen molar-refractivity contribution in [2.75, 3.05) is 78.7 Å². The molecule has 0 radical (unpaired) electrons. The fourth-order valence-electron chi connectivity index (χ4n) is 6.87. The lowest BCUT2D eigenvalue weighted by Crippen LogP contribution is -2.47. The average molecular weight is 801 g/mol. The van der Waals surface area contributed by atoms with E-state index in [9.17, 15) is 19.2 Å². The SMILES string of the molecule is CCCC(C(=O)NC)N(C)C(=O)c1cccc(NCCOCCOCCOCCC(=O)N2CCC(Oc3cccc(-c4onc5ccc(CN)cc45)c3)CC2)c1C=O. The van der Waals surface area contributed by atoms with Crippen LogP contribution in [-0.4, -0.2) is 124 Å². The van der Waals surface area contributed by atoms with Crippen molar-refractivity contribution in [1.29, 1.82) is 0 Å². The summed E-state index contributed by atoms with van der Waals surface area (Å²) in [6.45, 7) is 6.17. The quantitative estimate of drug-likeness (QED) is 0.0696. The summed E-state index contributed by atoms with van der Waals surface area (Å²) < 4.78 is 28.9. The number of ether oxygens (including phenoxy) is 4. The molecule has 1 atom stereocenters. The summed E-state index contributed by atoms with van der Waals surface area (Å²) in [5, 5.41) is 10.9. The number of likely N-dealkylation sites (tertiary alicyclic amines) is 1. The molecule has 0 saturated carbocycles. The van der Waals surface area contributed by atoms with E-state index in [0.717, 1.165) is 47.0 Å². The molecule has 1 fully saturated rings. The van der Waals surface area contributed by atoms with Crippen LogP contribution in [0, 0.1) is 0 Å². The van der Waals surface area contributed by atoms with E-state index in [1.807, 2.05) is 54.3 Å². The number of likely N-dealkylation sites (N-methyl/N-ethyl adjacent to an activating group) is 2. The van der Waals surface area contributed by atoms with Crippen molar-refractivity contribution in [3.8, 4) is 17.1 Å². The zero-order valence-corrected chi connectivity index (χ0v) is 33.7. The molecule has 15 nitrogen and oxygen atoms in total. The molecule has 5 rings (SSSR count). The summed E-state index contributed by atoms with van der Waals surface area (Å²) in [4.78, 5) is 53.7. The van der Waals surface area contributed by atoms with Crippen LogP contribution in [0.4, 0.5) is 5.69 Å². The third-order valence-electron chi connectivity index (χ3n) is 10.1. The van der Waals surface area contributed by atoms with Gasteiger partial charge in [0.25, 0.3) is 5.91 Å². The number of piperidine rings is 1. The van der Waals surface area contributed by atoms with Crippen molar-refractivity contribution >= 4 is 40.6 Å². The first-order valence-corrected chi connectivity index (χ1v) is 19.9. The van der Waals surface area contributed by atoms with Gasteiger partial charge in [-0.2, -0.15) is 0 Å². The van der Waals surface area contributed by atoms with Crippen LogP contribution in [0.1, 0.15) is 65.3 Å². The maximum atomic E-state index is 13.3. The number of nitrogens with one attached hydrogen (secondary N) is 2. The van der Waals surface area contributed by atoms with Gasteiger partial charge in [0, 0.05) is 64.4 Å². The Morgan fingerprint density at radius 3 is 2.41 bits per heavy atom. The Hall–Kier alpha value is -5.35. The summed E-state index contributed by atoms with van der Waals surface area (Å²) in [7, 11) is 3.11. The van der Waals surface area contributed by atoms with Crippen molar-refractivity contribution in [3.63, 3.8) is 0 Å². The molecular weight excluding hydrogens is 745 g/mol. The molecule has 1 aliphatic heterocycles. The van der Waals surface area contributed by atoms with Crippen molar-refractivity contribution in [3.05, 3.63) is 77.4 Å². The number of anilines is 1. The number of hydrogen-bond acceptors (Lipinski definition) is 12. The Balaban J connectivity index is 0.911. The highest BCUT2D eigenvalue weighted by molar-refractivity contribution is 6.05. The van der Waals surface area contributed by atoms with Gasteiger partial charge in [-0.05, 0) is 48.4 Å². The second-order valence-electron chi connectivity index (χ2n) is 14.0. The van der Waals surface area contributed by atoms with E-state index in [0.29, 0.717) is 96.4 Å². The summed E-state index contributed by atoms with van der Waals surface area (Å²) in [6.07, 6.45) is 3.65. The number of aromatic nitrogens is 1. The van der Waals surface area contributed by atoms with Crippen LogP contribution in [0.3, 0.4) is 0 Å². The largest absolute Gasteiger partial charge is 0.490 e. The number of nitrogens with two attached hydrogens (primary N) is 1. The molecule has 0 bridgehead atoms. The van der Waals surface area contributed by atoms with Crippen molar-refractivity contribution in [2.45, 2.75) is 57.7 Å². The Morgan fingerprint density at radius 1 is 0.983 bits per heavy atom.